The number of hydrogen-bond donors (Lipinski definition) is 2. The molecule has 0 saturated carbocycles. The summed E-state index contributed by atoms with van der Waals surface area (Å²) in [7, 11) is -1.34. The third-order valence-corrected chi connectivity index (χ3v) is 5.18. The van der Waals surface area contributed by atoms with Crippen molar-refractivity contribution in [1.29, 1.82) is 0 Å². The lowest BCUT2D eigenvalue weighted by Crippen LogP contribution is -2.43. The molecule has 2 rings (SSSR count). The van der Waals surface area contributed by atoms with Crippen LogP contribution in [-0.4, -0.2) is 46.0 Å². The smallest absolute Gasteiger partial charge is 0.191 e. The van der Waals surface area contributed by atoms with E-state index in [1.807, 2.05) is 31.2 Å². The minimum Gasteiger partial charge on any atom is -0.454 e. The number of benzene rings is 2. The number of nitrogens with zero attached hydrogens (tertiary/aromatic N) is 1. The Kier molecular flexibility index (Phi) is 8.45. The molecule has 0 fully saturated rings. The van der Waals surface area contributed by atoms with Gasteiger partial charge in [0.1, 0.15) is 15.6 Å². The first-order valence-electron chi connectivity index (χ1n) is 9.43. The van der Waals surface area contributed by atoms with E-state index in [1.165, 1.54) is 12.3 Å². The molecular formula is C21H28FN3O3S. The highest BCUT2D eigenvalue weighted by molar-refractivity contribution is 7.90. The second kappa shape index (κ2) is 10.8. The van der Waals surface area contributed by atoms with Crippen molar-refractivity contribution in [2.75, 3.05) is 25.6 Å². The lowest BCUT2D eigenvalue weighted by Gasteiger charge is -2.17. The summed E-state index contributed by atoms with van der Waals surface area (Å²) in [6.07, 6.45) is 2.32. The number of hydrogen-bond acceptors (Lipinski definition) is 4. The van der Waals surface area contributed by atoms with Crippen LogP contribution in [0.4, 0.5) is 4.39 Å². The molecule has 0 heterocycles. The zero-order valence-electron chi connectivity index (χ0n) is 17.0. The predicted octanol–water partition coefficient (Wildman–Crippen LogP) is 3.15. The summed E-state index contributed by atoms with van der Waals surface area (Å²) in [5, 5.41) is 6.31. The fourth-order valence-corrected chi connectivity index (χ4v) is 3.40. The average molecular weight is 422 g/mol. The number of aliphatic imine (C=N–C) groups is 1. The van der Waals surface area contributed by atoms with Crippen molar-refractivity contribution in [2.24, 2.45) is 4.99 Å². The Labute approximate surface area is 172 Å². The molecule has 6 nitrogen and oxygen atoms in total. The van der Waals surface area contributed by atoms with Crippen LogP contribution in [0, 0.1) is 5.82 Å². The van der Waals surface area contributed by atoms with E-state index >= 15 is 0 Å². The largest absolute Gasteiger partial charge is 0.454 e. The molecule has 158 valence electrons. The average Bonchev–Trinajstić information content (AvgIpc) is 2.68. The van der Waals surface area contributed by atoms with E-state index in [2.05, 4.69) is 15.6 Å². The highest BCUT2D eigenvalue weighted by atomic mass is 32.2. The van der Waals surface area contributed by atoms with Crippen LogP contribution in [0.5, 0.6) is 11.5 Å². The van der Waals surface area contributed by atoms with Crippen molar-refractivity contribution in [3.8, 4) is 11.5 Å². The van der Waals surface area contributed by atoms with Crippen LogP contribution in [-0.2, 0) is 16.3 Å². The molecule has 0 bridgehead atoms. The topological polar surface area (TPSA) is 79.8 Å². The molecule has 0 spiro atoms. The Morgan fingerprint density at radius 3 is 2.55 bits per heavy atom. The standard InChI is InChI=1S/C21H28FN3O3S/c1-16(12-14-29(3,26)27)25-21(23-2)24-13-11-17-9-10-20(19(22)15-17)28-18-7-5-4-6-8-18/h4-10,15-16H,11-14H2,1-3H3,(H2,23,24,25). The van der Waals surface area contributed by atoms with Crippen molar-refractivity contribution < 1.29 is 17.5 Å². The van der Waals surface area contributed by atoms with E-state index in [0.717, 1.165) is 5.56 Å². The first kappa shape index (κ1) is 22.7. The Morgan fingerprint density at radius 2 is 1.93 bits per heavy atom. The van der Waals surface area contributed by atoms with E-state index in [1.54, 1.807) is 25.2 Å². The van der Waals surface area contributed by atoms with Gasteiger partial charge in [-0.05, 0) is 49.6 Å². The number of ether oxygens (including phenoxy) is 1. The normalized spacial score (nSPS) is 13.0. The van der Waals surface area contributed by atoms with E-state index in [-0.39, 0.29) is 17.5 Å². The van der Waals surface area contributed by atoms with Gasteiger partial charge in [-0.25, -0.2) is 12.8 Å². The van der Waals surface area contributed by atoms with Gasteiger partial charge in [-0.3, -0.25) is 4.99 Å². The Morgan fingerprint density at radius 1 is 1.21 bits per heavy atom. The number of nitrogens with one attached hydrogen (secondary N) is 2. The van der Waals surface area contributed by atoms with E-state index in [0.29, 0.717) is 31.1 Å². The van der Waals surface area contributed by atoms with E-state index in [4.69, 9.17) is 4.74 Å². The minimum atomic E-state index is -2.99. The van der Waals surface area contributed by atoms with Gasteiger partial charge >= 0.3 is 0 Å². The molecule has 1 atom stereocenters. The first-order valence-corrected chi connectivity index (χ1v) is 11.5. The first-order chi connectivity index (χ1) is 13.8. The molecule has 29 heavy (non-hydrogen) atoms. The summed E-state index contributed by atoms with van der Waals surface area (Å²) in [6.45, 7) is 2.45. The molecule has 0 radical (unpaired) electrons. The van der Waals surface area contributed by atoms with E-state index < -0.39 is 15.7 Å². The predicted molar refractivity (Wildman–Crippen MR) is 115 cm³/mol. The second-order valence-corrected chi connectivity index (χ2v) is 9.15. The summed E-state index contributed by atoms with van der Waals surface area (Å²) in [5.41, 5.74) is 0.830. The highest BCUT2D eigenvalue weighted by Crippen LogP contribution is 2.24. The molecular weight excluding hydrogens is 393 g/mol. The maximum absolute atomic E-state index is 14.3. The molecule has 1 unspecified atom stereocenters. The monoisotopic (exact) mass is 421 g/mol. The number of sulfone groups is 1. The molecule has 0 aliphatic rings. The van der Waals surface area contributed by atoms with Gasteiger partial charge < -0.3 is 15.4 Å². The molecule has 0 aliphatic carbocycles. The lowest BCUT2D eigenvalue weighted by molar-refractivity contribution is 0.441. The molecule has 0 amide bonds. The van der Waals surface area contributed by atoms with Gasteiger partial charge in [0.25, 0.3) is 0 Å². The third kappa shape index (κ3) is 8.51. The van der Waals surface area contributed by atoms with Crippen molar-refractivity contribution in [1.82, 2.24) is 10.6 Å². The van der Waals surface area contributed by atoms with Gasteiger partial charge in [0.2, 0.25) is 0 Å². The van der Waals surface area contributed by atoms with Crippen LogP contribution in [0.15, 0.2) is 53.5 Å². The number of rotatable bonds is 9. The highest BCUT2D eigenvalue weighted by Gasteiger charge is 2.10. The van der Waals surface area contributed by atoms with Crippen LogP contribution in [0.2, 0.25) is 0 Å². The zero-order valence-corrected chi connectivity index (χ0v) is 17.8. The SMILES string of the molecule is CN=C(NCCc1ccc(Oc2ccccc2)c(F)c1)NC(C)CCS(C)(=O)=O. The van der Waals surface area contributed by atoms with Crippen molar-refractivity contribution >= 4 is 15.8 Å². The van der Waals surface area contributed by atoms with Crippen molar-refractivity contribution in [3.63, 3.8) is 0 Å². The summed E-state index contributed by atoms with van der Waals surface area (Å²) >= 11 is 0. The molecule has 0 aliphatic heterocycles. The quantitative estimate of drug-likeness (QED) is 0.480. The third-order valence-electron chi connectivity index (χ3n) is 4.20. The summed E-state index contributed by atoms with van der Waals surface area (Å²) in [4.78, 5) is 4.13. The number of halogens is 1. The van der Waals surface area contributed by atoms with Crippen LogP contribution < -0.4 is 15.4 Å². The van der Waals surface area contributed by atoms with Gasteiger partial charge in [-0.1, -0.05) is 24.3 Å². The Bertz CT molecular complexity index is 918. The van der Waals surface area contributed by atoms with Crippen LogP contribution in [0.25, 0.3) is 0 Å². The minimum absolute atomic E-state index is 0.0391. The molecule has 2 aromatic carbocycles. The fourth-order valence-electron chi connectivity index (χ4n) is 2.61. The number of guanidine groups is 1. The van der Waals surface area contributed by atoms with Gasteiger partial charge in [0.15, 0.2) is 17.5 Å². The lowest BCUT2D eigenvalue weighted by atomic mass is 10.1. The summed E-state index contributed by atoms with van der Waals surface area (Å²) in [6, 6.07) is 13.9. The van der Waals surface area contributed by atoms with Gasteiger partial charge in [0, 0.05) is 25.9 Å². The maximum Gasteiger partial charge on any atom is 0.191 e. The molecule has 2 aromatic rings. The zero-order chi connectivity index (χ0) is 21.3. The van der Waals surface area contributed by atoms with Crippen LogP contribution >= 0.6 is 0 Å². The van der Waals surface area contributed by atoms with Crippen LogP contribution in [0.1, 0.15) is 18.9 Å². The molecule has 8 heteroatoms. The number of para-hydroxylation sites is 1. The van der Waals surface area contributed by atoms with Gasteiger partial charge in [0.05, 0.1) is 5.75 Å². The maximum atomic E-state index is 14.3. The summed E-state index contributed by atoms with van der Waals surface area (Å²) < 4.78 is 42.4. The second-order valence-electron chi connectivity index (χ2n) is 6.89. The molecule has 2 N–H and O–H groups in total. The summed E-state index contributed by atoms with van der Waals surface area (Å²) in [5.74, 6) is 1.05. The molecule has 0 aromatic heterocycles. The fraction of sp³-hybridized carbons (Fsp3) is 0.381. The van der Waals surface area contributed by atoms with Gasteiger partial charge in [-0.2, -0.15) is 0 Å². The van der Waals surface area contributed by atoms with Gasteiger partial charge in [-0.15, -0.1) is 0 Å². The Hall–Kier alpha value is -2.61. The Balaban J connectivity index is 1.82. The van der Waals surface area contributed by atoms with E-state index in [9.17, 15) is 12.8 Å². The van der Waals surface area contributed by atoms with Crippen LogP contribution in [0.3, 0.4) is 0 Å². The van der Waals surface area contributed by atoms with Crippen molar-refractivity contribution in [3.05, 3.63) is 59.9 Å². The molecule has 0 saturated heterocycles. The van der Waals surface area contributed by atoms with Crippen molar-refractivity contribution in [2.45, 2.75) is 25.8 Å².